The third kappa shape index (κ3) is 4.61. The predicted molar refractivity (Wildman–Crippen MR) is 120 cm³/mol. The molecule has 0 spiro atoms. The number of ether oxygens (including phenoxy) is 1. The first kappa shape index (κ1) is 24.1. The lowest BCUT2D eigenvalue weighted by Crippen LogP contribution is -2.35. The summed E-state index contributed by atoms with van der Waals surface area (Å²) in [7, 11) is 1.29. The molecule has 34 heavy (non-hydrogen) atoms. The first-order valence-corrected chi connectivity index (χ1v) is 11.1. The molecule has 0 bridgehead atoms. The van der Waals surface area contributed by atoms with Crippen LogP contribution in [0.3, 0.4) is 0 Å². The van der Waals surface area contributed by atoms with Crippen LogP contribution in [-0.2, 0) is 0 Å². The summed E-state index contributed by atoms with van der Waals surface area (Å²) in [5.74, 6) is -0.557. The van der Waals surface area contributed by atoms with Crippen LogP contribution in [0.2, 0.25) is 0 Å². The zero-order valence-corrected chi connectivity index (χ0v) is 20.2. The van der Waals surface area contributed by atoms with Gasteiger partial charge >= 0.3 is 6.18 Å². The number of aromatic nitrogens is 2. The minimum Gasteiger partial charge on any atom is -0.496 e. The monoisotopic (exact) mass is 607 g/mol. The smallest absolute Gasteiger partial charge is 0.410 e. The average molecular weight is 609 g/mol. The van der Waals surface area contributed by atoms with Crippen molar-refractivity contribution in [2.24, 2.45) is 0 Å². The Morgan fingerprint density at radius 3 is 2.68 bits per heavy atom. The number of rotatable bonds is 5. The number of carbonyl (C=O) groups is 1. The molecule has 2 atom stereocenters. The molecule has 0 saturated carbocycles. The van der Waals surface area contributed by atoms with Gasteiger partial charge < -0.3 is 19.8 Å². The molecule has 180 valence electrons. The van der Waals surface area contributed by atoms with Crippen LogP contribution in [0.15, 0.2) is 43.9 Å². The fourth-order valence-corrected chi connectivity index (χ4v) is 4.38. The molecule has 3 heterocycles. The number of nitro groups is 1. The van der Waals surface area contributed by atoms with Crippen molar-refractivity contribution in [3.8, 4) is 5.75 Å². The van der Waals surface area contributed by atoms with Gasteiger partial charge in [-0.25, -0.2) is 4.68 Å². The molecular formula is C19H14Br2F3N5O5. The van der Waals surface area contributed by atoms with Gasteiger partial charge in [-0.15, -0.1) is 0 Å². The summed E-state index contributed by atoms with van der Waals surface area (Å²) in [5.41, 5.74) is -0.680. The first-order chi connectivity index (χ1) is 16.0. The summed E-state index contributed by atoms with van der Waals surface area (Å²) >= 11 is 6.30. The van der Waals surface area contributed by atoms with E-state index >= 15 is 0 Å². The van der Waals surface area contributed by atoms with Crippen LogP contribution < -0.4 is 15.4 Å². The minimum atomic E-state index is -4.66. The first-order valence-electron chi connectivity index (χ1n) is 9.49. The molecule has 10 nitrogen and oxygen atoms in total. The zero-order valence-electron chi connectivity index (χ0n) is 17.0. The van der Waals surface area contributed by atoms with Crippen molar-refractivity contribution in [3.63, 3.8) is 0 Å². The van der Waals surface area contributed by atoms with E-state index in [0.717, 1.165) is 12.1 Å². The van der Waals surface area contributed by atoms with Gasteiger partial charge in [-0.05, 0) is 44.0 Å². The Balaban J connectivity index is 1.69. The second kappa shape index (κ2) is 8.94. The van der Waals surface area contributed by atoms with Crippen LogP contribution in [-0.4, -0.2) is 33.9 Å². The van der Waals surface area contributed by atoms with E-state index in [1.165, 1.54) is 13.2 Å². The fourth-order valence-electron chi connectivity index (χ4n) is 3.51. The second-order valence-corrected chi connectivity index (χ2v) is 8.79. The van der Waals surface area contributed by atoms with Crippen molar-refractivity contribution in [1.29, 1.82) is 0 Å². The highest BCUT2D eigenvalue weighted by atomic mass is 79.9. The molecule has 2 N–H and O–H groups in total. The van der Waals surface area contributed by atoms with Gasteiger partial charge in [0.15, 0.2) is 16.4 Å². The molecule has 0 radical (unpaired) electrons. The zero-order chi connectivity index (χ0) is 24.8. The van der Waals surface area contributed by atoms with E-state index in [0.29, 0.717) is 9.35 Å². The van der Waals surface area contributed by atoms with E-state index in [1.54, 1.807) is 12.1 Å². The van der Waals surface area contributed by atoms with Crippen LogP contribution in [0.1, 0.15) is 34.8 Å². The molecule has 0 unspecified atom stereocenters. The predicted octanol–water partition coefficient (Wildman–Crippen LogP) is 5.83. The standard InChI is InChI=1S/C19H14Br2F3N5O5/c1-33-10-5-8(4-9(6-10)29(31)32)25-18(30)16-15(21)17-26-11(12-2-3-14(20)34-12)7-13(19(22,23)24)28(17)27-16/h2-6,11,13,26H,7H2,1H3,(H,25,30)/t11-,13+/m0/s1. The highest BCUT2D eigenvalue weighted by Crippen LogP contribution is 2.46. The van der Waals surface area contributed by atoms with Gasteiger partial charge in [0, 0.05) is 18.6 Å². The van der Waals surface area contributed by atoms with Crippen molar-refractivity contribution >= 4 is 55.0 Å². The molecule has 1 aliphatic rings. The normalized spacial score (nSPS) is 17.6. The number of nitrogens with zero attached hydrogens (tertiary/aromatic N) is 3. The fraction of sp³-hybridized carbons (Fsp3) is 0.263. The lowest BCUT2D eigenvalue weighted by molar-refractivity contribution is -0.384. The molecule has 1 amide bonds. The van der Waals surface area contributed by atoms with Gasteiger partial charge in [-0.1, -0.05) is 0 Å². The lowest BCUT2D eigenvalue weighted by Gasteiger charge is -2.32. The SMILES string of the molecule is COc1cc(NC(=O)c2nn3c(c2Br)N[C@H](c2ccc(Br)o2)C[C@@H]3C(F)(F)F)cc([N+](=O)[O-])c1. The Kier molecular flexibility index (Phi) is 6.33. The van der Waals surface area contributed by atoms with E-state index in [9.17, 15) is 28.1 Å². The molecule has 2 aromatic heterocycles. The maximum absolute atomic E-state index is 13.9. The molecule has 15 heteroatoms. The number of hydrogen-bond donors (Lipinski definition) is 2. The lowest BCUT2D eigenvalue weighted by atomic mass is 10.0. The summed E-state index contributed by atoms with van der Waals surface area (Å²) < 4.78 is 53.1. The van der Waals surface area contributed by atoms with Crippen molar-refractivity contribution in [2.45, 2.75) is 24.7 Å². The summed E-state index contributed by atoms with van der Waals surface area (Å²) in [5, 5.41) is 20.4. The van der Waals surface area contributed by atoms with Crippen LogP contribution in [0, 0.1) is 10.1 Å². The van der Waals surface area contributed by atoms with Gasteiger partial charge in [0.1, 0.15) is 17.3 Å². The number of carbonyl (C=O) groups excluding carboxylic acids is 1. The summed E-state index contributed by atoms with van der Waals surface area (Å²) in [4.78, 5) is 23.3. The van der Waals surface area contributed by atoms with Crippen molar-refractivity contribution in [1.82, 2.24) is 9.78 Å². The van der Waals surface area contributed by atoms with Gasteiger partial charge in [0.2, 0.25) is 0 Å². The van der Waals surface area contributed by atoms with Crippen LogP contribution >= 0.6 is 31.9 Å². The number of amides is 1. The maximum atomic E-state index is 13.9. The van der Waals surface area contributed by atoms with E-state index in [4.69, 9.17) is 9.15 Å². The number of alkyl halides is 3. The number of nitro benzene ring substituents is 1. The number of hydrogen-bond acceptors (Lipinski definition) is 7. The minimum absolute atomic E-state index is 0.00700. The number of halogens is 5. The van der Waals surface area contributed by atoms with Gasteiger partial charge in [-0.3, -0.25) is 14.9 Å². The third-order valence-corrected chi connectivity index (χ3v) is 6.22. The van der Waals surface area contributed by atoms with Gasteiger partial charge in [-0.2, -0.15) is 18.3 Å². The molecule has 3 aromatic rings. The number of fused-ring (bicyclic) bond motifs is 1. The largest absolute Gasteiger partial charge is 0.496 e. The summed E-state index contributed by atoms with van der Waals surface area (Å²) in [6, 6.07) is 3.81. The molecule has 4 rings (SSSR count). The Labute approximate surface area is 205 Å². The molecular weight excluding hydrogens is 595 g/mol. The molecule has 0 fully saturated rings. The van der Waals surface area contributed by atoms with Crippen molar-refractivity contribution in [3.05, 3.63) is 61.0 Å². The van der Waals surface area contributed by atoms with Crippen LogP contribution in [0.5, 0.6) is 5.75 Å². The highest BCUT2D eigenvalue weighted by Gasteiger charge is 2.48. The number of nitrogens with one attached hydrogen (secondary N) is 2. The Morgan fingerprint density at radius 1 is 1.35 bits per heavy atom. The van der Waals surface area contributed by atoms with Crippen molar-refractivity contribution < 1.29 is 32.0 Å². The quantitative estimate of drug-likeness (QED) is 0.276. The van der Waals surface area contributed by atoms with Crippen LogP contribution in [0.25, 0.3) is 0 Å². The Hall–Kier alpha value is -3.07. The maximum Gasteiger partial charge on any atom is 0.410 e. The van der Waals surface area contributed by atoms with E-state index in [2.05, 4.69) is 47.6 Å². The van der Waals surface area contributed by atoms with Gasteiger partial charge in [0.05, 0.1) is 34.3 Å². The highest BCUT2D eigenvalue weighted by molar-refractivity contribution is 9.10. The number of non-ortho nitro benzene ring substituents is 1. The summed E-state index contributed by atoms with van der Waals surface area (Å²) in [6.45, 7) is 0. The number of methoxy groups -OCH3 is 1. The van der Waals surface area contributed by atoms with E-state index in [1.807, 2.05) is 0 Å². The van der Waals surface area contributed by atoms with Crippen molar-refractivity contribution in [2.75, 3.05) is 17.7 Å². The average Bonchev–Trinajstić information content (AvgIpc) is 3.35. The number of anilines is 2. The molecule has 0 saturated heterocycles. The van der Waals surface area contributed by atoms with E-state index < -0.39 is 35.5 Å². The Morgan fingerprint density at radius 2 is 2.09 bits per heavy atom. The summed E-state index contributed by atoms with van der Waals surface area (Å²) in [6.07, 6.45) is -5.08. The number of furan rings is 1. The third-order valence-electron chi connectivity index (χ3n) is 5.04. The molecule has 1 aliphatic heterocycles. The number of benzene rings is 1. The van der Waals surface area contributed by atoms with Crippen LogP contribution in [0.4, 0.5) is 30.4 Å². The molecule has 1 aromatic carbocycles. The van der Waals surface area contributed by atoms with Gasteiger partial charge in [0.25, 0.3) is 11.6 Å². The topological polar surface area (TPSA) is 124 Å². The second-order valence-electron chi connectivity index (χ2n) is 7.22. The Bertz CT molecular complexity index is 1280. The molecule has 0 aliphatic carbocycles. The van der Waals surface area contributed by atoms with E-state index in [-0.39, 0.29) is 38.9 Å².